The molecule has 0 fully saturated rings. The molecule has 0 atom stereocenters. The molecule has 0 N–H and O–H groups in total. The molecule has 1 aromatic heterocycles. The average Bonchev–Trinajstić information content (AvgIpc) is 2.36. The molecule has 3 heteroatoms. The minimum Gasteiger partial charge on any atom is -0.461 e. The molecule has 0 saturated heterocycles. The zero-order valence-electron chi connectivity index (χ0n) is 6.59. The summed E-state index contributed by atoms with van der Waals surface area (Å²) in [6.45, 7) is 1.89. The molecule has 0 spiro atoms. The van der Waals surface area contributed by atoms with Gasteiger partial charge in [0.15, 0.2) is 11.5 Å². The van der Waals surface area contributed by atoms with Gasteiger partial charge in [0.05, 0.1) is 12.9 Å². The van der Waals surface area contributed by atoms with Crippen molar-refractivity contribution in [3.8, 4) is 0 Å². The summed E-state index contributed by atoms with van der Waals surface area (Å²) in [6.07, 6.45) is 1.49. The molecule has 11 heavy (non-hydrogen) atoms. The fourth-order valence-corrected chi connectivity index (χ4v) is 0.914. The third kappa shape index (κ3) is 1.68. The van der Waals surface area contributed by atoms with Crippen molar-refractivity contribution in [2.45, 2.75) is 13.5 Å². The molecule has 0 aliphatic rings. The number of methoxy groups -OCH3 is 1. The molecule has 0 unspecified atom stereocenters. The van der Waals surface area contributed by atoms with Crippen LogP contribution in [-0.4, -0.2) is 12.9 Å². The first kappa shape index (κ1) is 8.01. The van der Waals surface area contributed by atoms with E-state index in [1.54, 1.807) is 13.2 Å². The van der Waals surface area contributed by atoms with Crippen LogP contribution in [0.3, 0.4) is 0 Å². The predicted molar refractivity (Wildman–Crippen MR) is 39.4 cm³/mol. The molecule has 0 radical (unpaired) electrons. The highest BCUT2D eigenvalue weighted by Crippen LogP contribution is 2.11. The van der Waals surface area contributed by atoms with Crippen molar-refractivity contribution in [3.05, 3.63) is 23.7 Å². The maximum absolute atomic E-state index is 10.9. The first-order chi connectivity index (χ1) is 5.25. The quantitative estimate of drug-likeness (QED) is 0.621. The number of Topliss-reactive ketones (excluding diaryl/α,β-unsaturated/α-hetero) is 1. The third-order valence-electron chi connectivity index (χ3n) is 1.37. The monoisotopic (exact) mass is 154 g/mol. The number of hydrogen-bond acceptors (Lipinski definition) is 3. The zero-order chi connectivity index (χ0) is 8.27. The lowest BCUT2D eigenvalue weighted by molar-refractivity contribution is 0.0980. The zero-order valence-corrected chi connectivity index (χ0v) is 6.59. The first-order valence-corrected chi connectivity index (χ1v) is 3.32. The molecule has 1 heterocycles. The van der Waals surface area contributed by atoms with Gasteiger partial charge in [-0.05, 0) is 6.07 Å². The van der Waals surface area contributed by atoms with Crippen LogP contribution in [0.4, 0.5) is 0 Å². The Kier molecular flexibility index (Phi) is 2.44. The van der Waals surface area contributed by atoms with Crippen LogP contribution in [0.25, 0.3) is 0 Å². The van der Waals surface area contributed by atoms with Crippen LogP contribution in [-0.2, 0) is 11.3 Å². The van der Waals surface area contributed by atoms with E-state index < -0.39 is 0 Å². The number of furan rings is 1. The largest absolute Gasteiger partial charge is 0.461 e. The minimum atomic E-state index is -0.0675. The Morgan fingerprint density at radius 1 is 1.73 bits per heavy atom. The fourth-order valence-electron chi connectivity index (χ4n) is 0.914. The van der Waals surface area contributed by atoms with Gasteiger partial charge in [-0.2, -0.15) is 0 Å². The van der Waals surface area contributed by atoms with Crippen molar-refractivity contribution in [3.63, 3.8) is 0 Å². The minimum absolute atomic E-state index is 0.0675. The van der Waals surface area contributed by atoms with Crippen LogP contribution in [0, 0.1) is 0 Å². The third-order valence-corrected chi connectivity index (χ3v) is 1.37. The van der Waals surface area contributed by atoms with E-state index in [1.165, 1.54) is 13.2 Å². The molecular formula is C8H10O3. The van der Waals surface area contributed by atoms with E-state index >= 15 is 0 Å². The van der Waals surface area contributed by atoms with Crippen molar-refractivity contribution in [2.24, 2.45) is 0 Å². The Hall–Kier alpha value is -1.09. The van der Waals surface area contributed by atoms with Crippen molar-refractivity contribution < 1.29 is 13.9 Å². The predicted octanol–water partition coefficient (Wildman–Crippen LogP) is 1.63. The summed E-state index contributed by atoms with van der Waals surface area (Å²) < 4.78 is 9.81. The van der Waals surface area contributed by atoms with E-state index in [4.69, 9.17) is 9.15 Å². The highest BCUT2D eigenvalue weighted by atomic mass is 16.5. The van der Waals surface area contributed by atoms with Crippen molar-refractivity contribution in [2.75, 3.05) is 7.11 Å². The average molecular weight is 154 g/mol. The van der Waals surface area contributed by atoms with Gasteiger partial charge in [0.25, 0.3) is 0 Å². The second kappa shape index (κ2) is 3.34. The number of rotatable bonds is 3. The van der Waals surface area contributed by atoms with Crippen LogP contribution in [0.15, 0.2) is 16.7 Å². The van der Waals surface area contributed by atoms with E-state index in [0.29, 0.717) is 12.4 Å². The molecule has 0 bridgehead atoms. The van der Waals surface area contributed by atoms with Crippen molar-refractivity contribution in [1.29, 1.82) is 0 Å². The number of carbonyl (C=O) groups excluding carboxylic acids is 1. The lowest BCUT2D eigenvalue weighted by Gasteiger charge is -1.95. The van der Waals surface area contributed by atoms with Crippen LogP contribution >= 0.6 is 0 Å². The summed E-state index contributed by atoms with van der Waals surface area (Å²) in [7, 11) is 1.58. The summed E-state index contributed by atoms with van der Waals surface area (Å²) in [5.41, 5.74) is 0.806. The smallest absolute Gasteiger partial charge is 0.195 e. The second-order valence-corrected chi connectivity index (χ2v) is 2.26. The number of carbonyl (C=O) groups is 1. The Balaban J connectivity index is 2.87. The van der Waals surface area contributed by atoms with Gasteiger partial charge in [-0.1, -0.05) is 0 Å². The molecule has 0 saturated carbocycles. The Morgan fingerprint density at radius 2 is 2.45 bits per heavy atom. The lowest BCUT2D eigenvalue weighted by Crippen LogP contribution is -1.96. The number of hydrogen-bond donors (Lipinski definition) is 0. The van der Waals surface area contributed by atoms with E-state index in [1.807, 2.05) is 0 Å². The van der Waals surface area contributed by atoms with E-state index in [2.05, 4.69) is 0 Å². The summed E-state index contributed by atoms with van der Waals surface area (Å²) in [5.74, 6) is 0.328. The van der Waals surface area contributed by atoms with E-state index in [0.717, 1.165) is 5.56 Å². The maximum atomic E-state index is 10.9. The lowest BCUT2D eigenvalue weighted by atomic mass is 10.2. The Bertz CT molecular complexity index is 250. The highest BCUT2D eigenvalue weighted by molar-refractivity contribution is 5.92. The normalized spacial score (nSPS) is 10.0. The van der Waals surface area contributed by atoms with Gasteiger partial charge in [0.2, 0.25) is 0 Å². The number of ether oxygens (including phenoxy) is 1. The van der Waals surface area contributed by atoms with Gasteiger partial charge in [0.1, 0.15) is 0 Å². The van der Waals surface area contributed by atoms with Gasteiger partial charge < -0.3 is 9.15 Å². The van der Waals surface area contributed by atoms with Gasteiger partial charge >= 0.3 is 0 Å². The van der Waals surface area contributed by atoms with Crippen molar-refractivity contribution >= 4 is 5.78 Å². The summed E-state index contributed by atoms with van der Waals surface area (Å²) in [5, 5.41) is 0. The fraction of sp³-hybridized carbons (Fsp3) is 0.375. The van der Waals surface area contributed by atoms with Crippen LogP contribution in [0.2, 0.25) is 0 Å². The summed E-state index contributed by atoms with van der Waals surface area (Å²) in [4.78, 5) is 10.9. The van der Waals surface area contributed by atoms with E-state index in [-0.39, 0.29) is 5.78 Å². The van der Waals surface area contributed by atoms with Crippen LogP contribution in [0.1, 0.15) is 23.0 Å². The molecule has 1 aromatic rings. The number of ketones is 1. The van der Waals surface area contributed by atoms with Gasteiger partial charge in [0, 0.05) is 19.6 Å². The van der Waals surface area contributed by atoms with Crippen LogP contribution in [0.5, 0.6) is 0 Å². The SMILES string of the molecule is COCc1ccoc1C(C)=O. The molecule has 0 amide bonds. The first-order valence-electron chi connectivity index (χ1n) is 3.32. The van der Waals surface area contributed by atoms with Gasteiger partial charge in [-0.3, -0.25) is 4.79 Å². The topological polar surface area (TPSA) is 39.4 Å². The summed E-state index contributed by atoms with van der Waals surface area (Å²) in [6, 6.07) is 1.74. The highest BCUT2D eigenvalue weighted by Gasteiger charge is 2.09. The Labute approximate surface area is 65.0 Å². The molecular weight excluding hydrogens is 144 g/mol. The van der Waals surface area contributed by atoms with Gasteiger partial charge in [-0.15, -0.1) is 0 Å². The maximum Gasteiger partial charge on any atom is 0.195 e. The molecule has 0 aliphatic carbocycles. The molecule has 0 aromatic carbocycles. The summed E-state index contributed by atoms with van der Waals surface area (Å²) >= 11 is 0. The standard InChI is InChI=1S/C8H10O3/c1-6(9)8-7(5-10-2)3-4-11-8/h3-4H,5H2,1-2H3. The molecule has 0 aliphatic heterocycles. The van der Waals surface area contributed by atoms with Crippen LogP contribution < -0.4 is 0 Å². The second-order valence-electron chi connectivity index (χ2n) is 2.26. The molecule has 3 nitrogen and oxygen atoms in total. The van der Waals surface area contributed by atoms with Gasteiger partial charge in [-0.25, -0.2) is 0 Å². The van der Waals surface area contributed by atoms with Crippen molar-refractivity contribution in [1.82, 2.24) is 0 Å². The molecule has 1 rings (SSSR count). The van der Waals surface area contributed by atoms with E-state index in [9.17, 15) is 4.79 Å². The Morgan fingerprint density at radius 3 is 3.00 bits per heavy atom. The molecule has 60 valence electrons.